The SMILES string of the molecule is Cc1cc(Nc2ncn(-c3cc(F)cc(F)c3)n2)cc(N2CC(N3CC4CCC(C3)O4)C2)c1.[HH]. The molecule has 0 spiro atoms. The van der Waals surface area contributed by atoms with Gasteiger partial charge in [0.05, 0.1) is 17.9 Å². The van der Waals surface area contributed by atoms with Gasteiger partial charge in [0.15, 0.2) is 0 Å². The number of halogens is 2. The molecule has 0 saturated carbocycles. The van der Waals surface area contributed by atoms with E-state index in [1.807, 2.05) is 6.07 Å². The van der Waals surface area contributed by atoms with Crippen molar-refractivity contribution in [1.82, 2.24) is 19.7 Å². The molecule has 3 saturated heterocycles. The molecule has 174 valence electrons. The van der Waals surface area contributed by atoms with E-state index in [1.54, 1.807) is 0 Å². The summed E-state index contributed by atoms with van der Waals surface area (Å²) in [5.41, 5.74) is 3.45. The molecule has 3 aliphatic heterocycles. The summed E-state index contributed by atoms with van der Waals surface area (Å²) in [7, 11) is 0. The van der Waals surface area contributed by atoms with E-state index >= 15 is 0 Å². The third-order valence-electron chi connectivity index (χ3n) is 6.74. The molecule has 0 aliphatic carbocycles. The van der Waals surface area contributed by atoms with Crippen LogP contribution in [0.25, 0.3) is 5.69 Å². The van der Waals surface area contributed by atoms with Crippen LogP contribution in [0.1, 0.15) is 19.8 Å². The fraction of sp³-hybridized carbons (Fsp3) is 0.417. The summed E-state index contributed by atoms with van der Waals surface area (Å²) in [5.74, 6) is -0.951. The number of likely N-dealkylation sites (tertiary alicyclic amines) is 1. The molecule has 9 heteroatoms. The number of benzene rings is 2. The number of hydrogen-bond acceptors (Lipinski definition) is 6. The Morgan fingerprint density at radius 3 is 2.39 bits per heavy atom. The maximum Gasteiger partial charge on any atom is 0.246 e. The van der Waals surface area contributed by atoms with Crippen LogP contribution in [0.5, 0.6) is 0 Å². The Kier molecular flexibility index (Phi) is 5.03. The molecule has 3 aromatic rings. The predicted octanol–water partition coefficient (Wildman–Crippen LogP) is 3.90. The molecule has 0 amide bonds. The van der Waals surface area contributed by atoms with Crippen LogP contribution in [0.3, 0.4) is 0 Å². The summed E-state index contributed by atoms with van der Waals surface area (Å²) in [5, 5.41) is 7.54. The van der Waals surface area contributed by atoms with Crippen LogP contribution in [0.4, 0.5) is 26.1 Å². The van der Waals surface area contributed by atoms with E-state index in [0.717, 1.165) is 49.2 Å². The number of ether oxygens (including phenoxy) is 1. The van der Waals surface area contributed by atoms with Gasteiger partial charge in [-0.05, 0) is 55.7 Å². The summed E-state index contributed by atoms with van der Waals surface area (Å²) in [6, 6.07) is 10.2. The van der Waals surface area contributed by atoms with Gasteiger partial charge in [-0.15, -0.1) is 5.10 Å². The maximum atomic E-state index is 13.5. The molecule has 3 fully saturated rings. The zero-order valence-corrected chi connectivity index (χ0v) is 18.4. The standard InChI is InChI=1S/C24H26F2N6O.H2/c1-15-4-18(28-24-27-14-32(29-24)20-7-16(25)6-17(26)8-20)9-19(5-15)30-10-21(11-30)31-12-22-2-3-23(13-31)33-22;/h4-9,14,21-23H,2-3,10-13H2,1H3,(H,28,29);1H. The molecule has 3 aliphatic rings. The van der Waals surface area contributed by atoms with Gasteiger partial charge < -0.3 is 15.0 Å². The largest absolute Gasteiger partial charge is 0.372 e. The van der Waals surface area contributed by atoms with Gasteiger partial charge >= 0.3 is 0 Å². The van der Waals surface area contributed by atoms with Crippen molar-refractivity contribution in [3.05, 3.63) is 59.9 Å². The second kappa shape index (κ2) is 8.07. The molecule has 7 nitrogen and oxygen atoms in total. The average molecular weight is 455 g/mol. The number of fused-ring (bicyclic) bond motifs is 2. The first-order valence-electron chi connectivity index (χ1n) is 11.4. The average Bonchev–Trinajstić information content (AvgIpc) is 3.32. The lowest BCUT2D eigenvalue weighted by molar-refractivity contribution is -0.0562. The number of aromatic nitrogens is 3. The minimum Gasteiger partial charge on any atom is -0.372 e. The molecular weight excluding hydrogens is 426 g/mol. The third kappa shape index (κ3) is 4.18. The molecule has 2 bridgehead atoms. The van der Waals surface area contributed by atoms with Crippen molar-refractivity contribution in [3.8, 4) is 5.69 Å². The van der Waals surface area contributed by atoms with E-state index in [2.05, 4.69) is 44.3 Å². The van der Waals surface area contributed by atoms with Crippen molar-refractivity contribution in [3.63, 3.8) is 0 Å². The summed E-state index contributed by atoms with van der Waals surface area (Å²) >= 11 is 0. The molecule has 33 heavy (non-hydrogen) atoms. The van der Waals surface area contributed by atoms with Crippen LogP contribution < -0.4 is 10.2 Å². The van der Waals surface area contributed by atoms with Gasteiger partial charge in [0, 0.05) is 51.1 Å². The highest BCUT2D eigenvalue weighted by Crippen LogP contribution is 2.32. The first kappa shape index (κ1) is 20.6. The van der Waals surface area contributed by atoms with E-state index in [0.29, 0.717) is 24.2 Å². The summed E-state index contributed by atoms with van der Waals surface area (Å²) < 4.78 is 34.4. The smallest absolute Gasteiger partial charge is 0.246 e. The third-order valence-corrected chi connectivity index (χ3v) is 6.74. The summed E-state index contributed by atoms with van der Waals surface area (Å²) in [6.45, 7) is 6.20. The minimum absolute atomic E-state index is 0. The van der Waals surface area contributed by atoms with Crippen LogP contribution in [-0.2, 0) is 4.74 Å². The first-order valence-corrected chi connectivity index (χ1v) is 11.4. The van der Waals surface area contributed by atoms with Crippen LogP contribution >= 0.6 is 0 Å². The van der Waals surface area contributed by atoms with Crippen molar-refractivity contribution < 1.29 is 14.9 Å². The lowest BCUT2D eigenvalue weighted by Gasteiger charge is -2.49. The Labute approximate surface area is 192 Å². The Morgan fingerprint density at radius 2 is 1.67 bits per heavy atom. The lowest BCUT2D eigenvalue weighted by atomic mass is 10.0. The van der Waals surface area contributed by atoms with Crippen molar-refractivity contribution in [2.45, 2.75) is 38.0 Å². The van der Waals surface area contributed by atoms with Crippen LogP contribution in [0.15, 0.2) is 42.7 Å². The van der Waals surface area contributed by atoms with E-state index in [1.165, 1.54) is 36.0 Å². The van der Waals surface area contributed by atoms with Crippen molar-refractivity contribution in [1.29, 1.82) is 0 Å². The second-order valence-electron chi connectivity index (χ2n) is 9.29. The van der Waals surface area contributed by atoms with Crippen LogP contribution in [0.2, 0.25) is 0 Å². The number of rotatable bonds is 5. The van der Waals surface area contributed by atoms with Gasteiger partial charge in [0.1, 0.15) is 18.0 Å². The minimum atomic E-state index is -0.657. The number of hydrogen-bond donors (Lipinski definition) is 1. The highest BCUT2D eigenvalue weighted by Gasteiger charge is 2.40. The summed E-state index contributed by atoms with van der Waals surface area (Å²) in [4.78, 5) is 9.23. The number of aryl methyl sites for hydroxylation is 1. The number of nitrogens with one attached hydrogen (secondary N) is 1. The summed E-state index contributed by atoms with van der Waals surface area (Å²) in [6.07, 6.45) is 4.67. The number of nitrogens with zero attached hydrogens (tertiary/aromatic N) is 5. The molecule has 0 radical (unpaired) electrons. The molecule has 2 aromatic carbocycles. The van der Waals surface area contributed by atoms with E-state index in [9.17, 15) is 8.78 Å². The Hall–Kier alpha value is -3.04. The topological polar surface area (TPSA) is 58.5 Å². The predicted molar refractivity (Wildman–Crippen MR) is 123 cm³/mol. The number of morpholine rings is 1. The number of anilines is 3. The van der Waals surface area contributed by atoms with Crippen LogP contribution in [-0.4, -0.2) is 64.1 Å². The fourth-order valence-corrected chi connectivity index (χ4v) is 5.10. The zero-order valence-electron chi connectivity index (χ0n) is 18.4. The lowest BCUT2D eigenvalue weighted by Crippen LogP contribution is -2.62. The molecule has 1 aromatic heterocycles. The normalized spacial score (nSPS) is 23.1. The quantitative estimate of drug-likeness (QED) is 0.631. The van der Waals surface area contributed by atoms with Crippen LogP contribution in [0, 0.1) is 18.6 Å². The van der Waals surface area contributed by atoms with Gasteiger partial charge in [0.2, 0.25) is 5.95 Å². The van der Waals surface area contributed by atoms with Gasteiger partial charge in [-0.1, -0.05) is 0 Å². The molecule has 1 N–H and O–H groups in total. The second-order valence-corrected chi connectivity index (χ2v) is 9.29. The first-order chi connectivity index (χ1) is 16.0. The highest BCUT2D eigenvalue weighted by atomic mass is 19.1. The Morgan fingerprint density at radius 1 is 0.939 bits per heavy atom. The molecular formula is C24H28F2N6O. The highest BCUT2D eigenvalue weighted by molar-refractivity contribution is 5.65. The van der Waals surface area contributed by atoms with E-state index in [4.69, 9.17) is 4.74 Å². The van der Waals surface area contributed by atoms with Gasteiger partial charge in [-0.25, -0.2) is 13.5 Å². The Balaban J connectivity index is 0.00000241. The zero-order chi connectivity index (χ0) is 22.5. The molecule has 6 rings (SSSR count). The molecule has 2 unspecified atom stereocenters. The Bertz CT molecular complexity index is 1150. The van der Waals surface area contributed by atoms with E-state index in [-0.39, 0.29) is 7.11 Å². The van der Waals surface area contributed by atoms with E-state index < -0.39 is 11.6 Å². The van der Waals surface area contributed by atoms with Crippen molar-refractivity contribution >= 4 is 17.3 Å². The molecule has 4 heterocycles. The van der Waals surface area contributed by atoms with Gasteiger partial charge in [0.25, 0.3) is 0 Å². The van der Waals surface area contributed by atoms with Gasteiger partial charge in [-0.2, -0.15) is 4.98 Å². The monoisotopic (exact) mass is 454 g/mol. The van der Waals surface area contributed by atoms with Crippen molar-refractivity contribution in [2.75, 3.05) is 36.4 Å². The van der Waals surface area contributed by atoms with Crippen molar-refractivity contribution in [2.24, 2.45) is 0 Å². The maximum absolute atomic E-state index is 13.5. The van der Waals surface area contributed by atoms with Gasteiger partial charge in [-0.3, -0.25) is 4.90 Å². The molecule has 2 atom stereocenters. The fourth-order valence-electron chi connectivity index (χ4n) is 5.10.